The minimum absolute atomic E-state index is 0.516. The smallest absolute Gasteiger partial charge is 0.124 e. The molecule has 100 valence electrons. The summed E-state index contributed by atoms with van der Waals surface area (Å²) in [4.78, 5) is 7.52. The van der Waals surface area contributed by atoms with Gasteiger partial charge in [-0.2, -0.15) is 0 Å². The Bertz CT molecular complexity index is 733. The molecule has 0 spiro atoms. The summed E-state index contributed by atoms with van der Waals surface area (Å²) < 4.78 is 0. The van der Waals surface area contributed by atoms with Crippen LogP contribution >= 0.6 is 11.6 Å². The van der Waals surface area contributed by atoms with Crippen molar-refractivity contribution < 1.29 is 0 Å². The molecule has 3 rings (SSSR count). The Morgan fingerprint density at radius 3 is 2.40 bits per heavy atom. The number of rotatable bonds is 2. The molecule has 0 saturated heterocycles. The average molecular weight is 284 g/mol. The van der Waals surface area contributed by atoms with E-state index in [1.807, 2.05) is 18.2 Å². The van der Waals surface area contributed by atoms with E-state index in [9.17, 15) is 0 Å². The second-order valence-electron chi connectivity index (χ2n) is 4.72. The maximum absolute atomic E-state index is 6.00. The monoisotopic (exact) mass is 283 g/mol. The molecule has 4 heteroatoms. The highest BCUT2D eigenvalue weighted by molar-refractivity contribution is 6.29. The largest absolute Gasteiger partial charge is 0.384 e. The summed E-state index contributed by atoms with van der Waals surface area (Å²) in [6, 6.07) is 12.1. The standard InChI is InChI=1S/C16H14ClN3/c1-10-2-4-11(5-3-10)16(12-6-8-14(17)19-12)13-7-9-15(18)20-13/h2-9,19H,1H3,(H2,18,20). The normalized spacial score (nSPS) is 16.4. The van der Waals surface area contributed by atoms with E-state index in [4.69, 9.17) is 17.3 Å². The van der Waals surface area contributed by atoms with Crippen molar-refractivity contribution in [3.63, 3.8) is 0 Å². The molecular weight excluding hydrogens is 270 g/mol. The van der Waals surface area contributed by atoms with Gasteiger partial charge in [0.1, 0.15) is 11.0 Å². The molecule has 0 unspecified atom stereocenters. The second kappa shape index (κ2) is 5.02. The lowest BCUT2D eigenvalue weighted by molar-refractivity contribution is 1.31. The van der Waals surface area contributed by atoms with Crippen molar-refractivity contribution in [1.82, 2.24) is 4.98 Å². The average Bonchev–Trinajstić information content (AvgIpc) is 3.02. The Hall–Kier alpha value is -2.26. The highest BCUT2D eigenvalue weighted by Gasteiger charge is 2.14. The van der Waals surface area contributed by atoms with Crippen LogP contribution in [-0.4, -0.2) is 10.8 Å². The minimum atomic E-state index is 0.516. The van der Waals surface area contributed by atoms with Crippen LogP contribution < -0.4 is 5.73 Å². The van der Waals surface area contributed by atoms with Gasteiger partial charge in [0.15, 0.2) is 0 Å². The number of hydrogen-bond acceptors (Lipinski definition) is 2. The molecule has 2 heterocycles. The Kier molecular flexibility index (Phi) is 3.20. The lowest BCUT2D eigenvalue weighted by Gasteiger charge is -2.08. The molecule has 1 aliphatic rings. The summed E-state index contributed by atoms with van der Waals surface area (Å²) in [6.07, 6.45) is 3.72. The molecule has 0 fully saturated rings. The van der Waals surface area contributed by atoms with Crippen molar-refractivity contribution >= 4 is 23.0 Å². The first-order chi connectivity index (χ1) is 9.63. The first-order valence-electron chi connectivity index (χ1n) is 6.32. The van der Waals surface area contributed by atoms with Crippen molar-refractivity contribution in [1.29, 1.82) is 0 Å². The van der Waals surface area contributed by atoms with E-state index >= 15 is 0 Å². The lowest BCUT2D eigenvalue weighted by atomic mass is 9.99. The van der Waals surface area contributed by atoms with Crippen LogP contribution in [0.25, 0.3) is 5.57 Å². The van der Waals surface area contributed by atoms with E-state index in [-0.39, 0.29) is 0 Å². The maximum atomic E-state index is 6.00. The number of nitrogens with zero attached hydrogens (tertiary/aromatic N) is 1. The van der Waals surface area contributed by atoms with E-state index < -0.39 is 0 Å². The van der Waals surface area contributed by atoms with Gasteiger partial charge in [-0.15, -0.1) is 0 Å². The first-order valence-corrected chi connectivity index (χ1v) is 6.70. The van der Waals surface area contributed by atoms with Gasteiger partial charge in [0, 0.05) is 11.3 Å². The lowest BCUT2D eigenvalue weighted by Crippen LogP contribution is -2.03. The number of amidine groups is 1. The number of halogens is 1. The van der Waals surface area contributed by atoms with Crippen LogP contribution in [0, 0.1) is 6.92 Å². The molecule has 20 heavy (non-hydrogen) atoms. The van der Waals surface area contributed by atoms with E-state index in [2.05, 4.69) is 41.2 Å². The molecule has 1 aromatic carbocycles. The van der Waals surface area contributed by atoms with Gasteiger partial charge in [-0.25, -0.2) is 4.99 Å². The molecular formula is C16H14ClN3. The highest BCUT2D eigenvalue weighted by atomic mass is 35.5. The van der Waals surface area contributed by atoms with Gasteiger partial charge < -0.3 is 10.7 Å². The van der Waals surface area contributed by atoms with Gasteiger partial charge in [-0.05, 0) is 36.8 Å². The summed E-state index contributed by atoms with van der Waals surface area (Å²) in [5.41, 5.74) is 10.8. The number of benzene rings is 1. The summed E-state index contributed by atoms with van der Waals surface area (Å²) >= 11 is 6.00. The second-order valence-corrected chi connectivity index (χ2v) is 5.12. The molecule has 0 atom stereocenters. The predicted molar refractivity (Wildman–Crippen MR) is 83.8 cm³/mol. The number of allylic oxidation sites excluding steroid dienone is 1. The van der Waals surface area contributed by atoms with E-state index in [0.717, 1.165) is 22.5 Å². The molecule has 1 aliphatic heterocycles. The Morgan fingerprint density at radius 1 is 1.10 bits per heavy atom. The predicted octanol–water partition coefficient (Wildman–Crippen LogP) is 3.66. The zero-order chi connectivity index (χ0) is 14.1. The van der Waals surface area contributed by atoms with Gasteiger partial charge in [0.25, 0.3) is 0 Å². The fourth-order valence-corrected chi connectivity index (χ4v) is 2.36. The molecule has 3 nitrogen and oxygen atoms in total. The van der Waals surface area contributed by atoms with Crippen LogP contribution in [0.15, 0.2) is 59.2 Å². The first kappa shape index (κ1) is 12.8. The number of aromatic nitrogens is 1. The van der Waals surface area contributed by atoms with E-state index in [0.29, 0.717) is 11.0 Å². The van der Waals surface area contributed by atoms with Crippen LogP contribution in [0.5, 0.6) is 0 Å². The number of aryl methyl sites for hydroxylation is 1. The van der Waals surface area contributed by atoms with Crippen LogP contribution in [0.2, 0.25) is 5.15 Å². The fourth-order valence-electron chi connectivity index (χ4n) is 2.19. The highest BCUT2D eigenvalue weighted by Crippen LogP contribution is 2.30. The van der Waals surface area contributed by atoms with Crippen LogP contribution in [0.3, 0.4) is 0 Å². The molecule has 3 N–H and O–H groups in total. The van der Waals surface area contributed by atoms with Gasteiger partial charge in [-0.3, -0.25) is 0 Å². The van der Waals surface area contributed by atoms with Crippen LogP contribution in [-0.2, 0) is 0 Å². The van der Waals surface area contributed by atoms with Crippen molar-refractivity contribution in [3.05, 3.63) is 76.2 Å². The molecule has 0 saturated carbocycles. The molecule has 1 aromatic heterocycles. The van der Waals surface area contributed by atoms with E-state index in [1.165, 1.54) is 5.56 Å². The van der Waals surface area contributed by atoms with Crippen molar-refractivity contribution in [2.45, 2.75) is 6.92 Å². The van der Waals surface area contributed by atoms with Crippen molar-refractivity contribution in [3.8, 4) is 0 Å². The Balaban J connectivity index is 2.19. The number of nitrogens with one attached hydrogen (secondary N) is 1. The topological polar surface area (TPSA) is 54.2 Å². The number of H-pyrrole nitrogens is 1. The number of aliphatic imine (C=N–C) groups is 1. The van der Waals surface area contributed by atoms with Crippen LogP contribution in [0.4, 0.5) is 0 Å². The third kappa shape index (κ3) is 2.40. The summed E-state index contributed by atoms with van der Waals surface area (Å²) in [7, 11) is 0. The minimum Gasteiger partial charge on any atom is -0.384 e. The summed E-state index contributed by atoms with van der Waals surface area (Å²) in [6.45, 7) is 2.06. The summed E-state index contributed by atoms with van der Waals surface area (Å²) in [5.74, 6) is 0.516. The maximum Gasteiger partial charge on any atom is 0.124 e. The quantitative estimate of drug-likeness (QED) is 0.868. The van der Waals surface area contributed by atoms with Crippen molar-refractivity contribution in [2.75, 3.05) is 0 Å². The zero-order valence-electron chi connectivity index (χ0n) is 11.0. The van der Waals surface area contributed by atoms with Gasteiger partial charge in [0.2, 0.25) is 0 Å². The third-order valence-corrected chi connectivity index (χ3v) is 3.40. The molecule has 0 bridgehead atoms. The van der Waals surface area contributed by atoms with E-state index in [1.54, 1.807) is 6.08 Å². The zero-order valence-corrected chi connectivity index (χ0v) is 11.8. The Labute approximate surface area is 122 Å². The number of nitrogens with two attached hydrogens (primary N) is 1. The third-order valence-electron chi connectivity index (χ3n) is 3.18. The van der Waals surface area contributed by atoms with Gasteiger partial charge >= 0.3 is 0 Å². The van der Waals surface area contributed by atoms with Crippen LogP contribution in [0.1, 0.15) is 16.8 Å². The molecule has 0 radical (unpaired) electrons. The van der Waals surface area contributed by atoms with Gasteiger partial charge in [-0.1, -0.05) is 41.4 Å². The SMILES string of the molecule is Cc1ccc(C(=C2C=CC(N)=N2)c2ccc(Cl)[nH]2)cc1. The van der Waals surface area contributed by atoms with Crippen molar-refractivity contribution in [2.24, 2.45) is 10.7 Å². The van der Waals surface area contributed by atoms with Gasteiger partial charge in [0.05, 0.1) is 5.70 Å². The number of aromatic amines is 1. The summed E-state index contributed by atoms with van der Waals surface area (Å²) in [5, 5.41) is 0.601. The number of hydrogen-bond donors (Lipinski definition) is 2. The Morgan fingerprint density at radius 2 is 1.85 bits per heavy atom. The molecule has 2 aromatic rings. The molecule has 0 aliphatic carbocycles. The fraction of sp³-hybridized carbons (Fsp3) is 0.0625. The molecule has 0 amide bonds.